The number of sulfonamides is 1. The van der Waals surface area contributed by atoms with Crippen LogP contribution in [0.15, 0.2) is 17.3 Å². The monoisotopic (exact) mass is 286 g/mol. The number of nitrogens with two attached hydrogens (primary N) is 1. The van der Waals surface area contributed by atoms with E-state index in [9.17, 15) is 8.42 Å². The van der Waals surface area contributed by atoms with Gasteiger partial charge in [0.2, 0.25) is 10.0 Å². The van der Waals surface area contributed by atoms with Crippen LogP contribution in [-0.4, -0.2) is 41.6 Å². The van der Waals surface area contributed by atoms with Gasteiger partial charge in [-0.3, -0.25) is 4.68 Å². The first-order chi connectivity index (χ1) is 9.09. The molecule has 7 heteroatoms. The Morgan fingerprint density at radius 2 is 2.16 bits per heavy atom. The fourth-order valence-electron chi connectivity index (χ4n) is 2.68. The Labute approximate surface area is 114 Å². The third kappa shape index (κ3) is 2.98. The summed E-state index contributed by atoms with van der Waals surface area (Å²) in [6, 6.07) is 0.146. The van der Waals surface area contributed by atoms with E-state index >= 15 is 0 Å². The van der Waals surface area contributed by atoms with Crippen LogP contribution in [0.4, 0.5) is 0 Å². The maximum atomic E-state index is 12.6. The topological polar surface area (TPSA) is 81.2 Å². The van der Waals surface area contributed by atoms with E-state index < -0.39 is 10.0 Å². The van der Waals surface area contributed by atoms with Gasteiger partial charge in [0, 0.05) is 25.3 Å². The Morgan fingerprint density at radius 1 is 1.47 bits per heavy atom. The van der Waals surface area contributed by atoms with Gasteiger partial charge in [-0.2, -0.15) is 9.40 Å². The molecule has 0 amide bonds. The quantitative estimate of drug-likeness (QED) is 0.838. The molecule has 2 N–H and O–H groups in total. The second-order valence-corrected chi connectivity index (χ2v) is 6.76. The van der Waals surface area contributed by atoms with Gasteiger partial charge in [-0.25, -0.2) is 8.42 Å². The van der Waals surface area contributed by atoms with Gasteiger partial charge >= 0.3 is 0 Å². The standard InChI is InChI=1S/C12H22N4O2S/c1-2-16(11-5-3-4-6-11)19(17,18)12-9-14-15(10-12)8-7-13/h9-11H,2-8,13H2,1H3. The zero-order chi connectivity index (χ0) is 13.9. The highest BCUT2D eigenvalue weighted by Crippen LogP contribution is 2.28. The van der Waals surface area contributed by atoms with Crippen molar-refractivity contribution in [2.75, 3.05) is 13.1 Å². The molecule has 1 aliphatic carbocycles. The van der Waals surface area contributed by atoms with E-state index in [1.807, 2.05) is 6.92 Å². The molecule has 2 rings (SSSR count). The normalized spacial score (nSPS) is 17.4. The molecule has 1 aromatic rings. The van der Waals surface area contributed by atoms with E-state index in [0.29, 0.717) is 19.6 Å². The number of aromatic nitrogens is 2. The lowest BCUT2D eigenvalue weighted by atomic mass is 10.2. The van der Waals surface area contributed by atoms with Gasteiger partial charge in [-0.1, -0.05) is 19.8 Å². The van der Waals surface area contributed by atoms with E-state index in [0.717, 1.165) is 25.7 Å². The molecule has 1 fully saturated rings. The molecule has 1 heterocycles. The minimum atomic E-state index is -3.42. The summed E-state index contributed by atoms with van der Waals surface area (Å²) < 4.78 is 28.4. The van der Waals surface area contributed by atoms with Crippen molar-refractivity contribution in [3.05, 3.63) is 12.4 Å². The average molecular weight is 286 g/mol. The van der Waals surface area contributed by atoms with Crippen LogP contribution in [0, 0.1) is 0 Å². The predicted octanol–water partition coefficient (Wildman–Crippen LogP) is 0.795. The number of hydrogen-bond acceptors (Lipinski definition) is 4. The molecule has 0 saturated heterocycles. The Balaban J connectivity index is 2.23. The van der Waals surface area contributed by atoms with Gasteiger partial charge in [0.15, 0.2) is 0 Å². The third-order valence-corrected chi connectivity index (χ3v) is 5.60. The van der Waals surface area contributed by atoms with Crippen molar-refractivity contribution in [2.24, 2.45) is 5.73 Å². The van der Waals surface area contributed by atoms with Crippen molar-refractivity contribution >= 4 is 10.0 Å². The van der Waals surface area contributed by atoms with E-state index in [1.165, 1.54) is 6.20 Å². The second-order valence-electron chi connectivity index (χ2n) is 4.87. The molecule has 0 atom stereocenters. The summed E-state index contributed by atoms with van der Waals surface area (Å²) in [5, 5.41) is 4.05. The number of nitrogens with zero attached hydrogens (tertiary/aromatic N) is 3. The van der Waals surface area contributed by atoms with Crippen LogP contribution < -0.4 is 5.73 Å². The van der Waals surface area contributed by atoms with Crippen molar-refractivity contribution in [1.82, 2.24) is 14.1 Å². The zero-order valence-electron chi connectivity index (χ0n) is 11.3. The lowest BCUT2D eigenvalue weighted by Crippen LogP contribution is -2.38. The highest BCUT2D eigenvalue weighted by atomic mass is 32.2. The van der Waals surface area contributed by atoms with Gasteiger partial charge in [0.25, 0.3) is 0 Å². The molecule has 0 aromatic carbocycles. The van der Waals surface area contributed by atoms with Gasteiger partial charge in [0.1, 0.15) is 4.90 Å². The highest BCUT2D eigenvalue weighted by molar-refractivity contribution is 7.89. The van der Waals surface area contributed by atoms with Crippen molar-refractivity contribution in [1.29, 1.82) is 0 Å². The SMILES string of the molecule is CCN(C1CCCC1)S(=O)(=O)c1cnn(CCN)c1. The van der Waals surface area contributed by atoms with Crippen LogP contribution >= 0.6 is 0 Å². The summed E-state index contributed by atoms with van der Waals surface area (Å²) in [5.74, 6) is 0. The average Bonchev–Trinajstić information content (AvgIpc) is 3.01. The molecule has 108 valence electrons. The predicted molar refractivity (Wildman–Crippen MR) is 73.1 cm³/mol. The van der Waals surface area contributed by atoms with Crippen LogP contribution in [0.5, 0.6) is 0 Å². The Kier molecular flexibility index (Phi) is 4.59. The lowest BCUT2D eigenvalue weighted by Gasteiger charge is -2.25. The van der Waals surface area contributed by atoms with Crippen LogP contribution in [0.1, 0.15) is 32.6 Å². The maximum absolute atomic E-state index is 12.6. The summed E-state index contributed by atoms with van der Waals surface area (Å²) in [4.78, 5) is 0.273. The second kappa shape index (κ2) is 6.02. The van der Waals surface area contributed by atoms with Crippen LogP contribution in [-0.2, 0) is 16.6 Å². The fraction of sp³-hybridized carbons (Fsp3) is 0.750. The van der Waals surface area contributed by atoms with Gasteiger partial charge < -0.3 is 5.73 Å². The van der Waals surface area contributed by atoms with Gasteiger partial charge in [-0.05, 0) is 12.8 Å². The Bertz CT molecular complexity index is 506. The highest BCUT2D eigenvalue weighted by Gasteiger charge is 2.32. The molecule has 1 saturated carbocycles. The molecular weight excluding hydrogens is 264 g/mol. The molecule has 0 bridgehead atoms. The summed E-state index contributed by atoms with van der Waals surface area (Å²) in [6.45, 7) is 3.38. The third-order valence-electron chi connectivity index (χ3n) is 3.62. The molecule has 19 heavy (non-hydrogen) atoms. The van der Waals surface area contributed by atoms with Gasteiger partial charge in [-0.15, -0.1) is 0 Å². The van der Waals surface area contributed by atoms with E-state index in [2.05, 4.69) is 5.10 Å². The maximum Gasteiger partial charge on any atom is 0.246 e. The molecule has 0 aliphatic heterocycles. The van der Waals surface area contributed by atoms with Gasteiger partial charge in [0.05, 0.1) is 12.7 Å². The van der Waals surface area contributed by atoms with E-state index in [-0.39, 0.29) is 10.9 Å². The van der Waals surface area contributed by atoms with E-state index in [4.69, 9.17) is 5.73 Å². The fourth-order valence-corrected chi connectivity index (χ4v) is 4.33. The first-order valence-corrected chi connectivity index (χ1v) is 8.28. The van der Waals surface area contributed by atoms with Crippen molar-refractivity contribution in [3.8, 4) is 0 Å². The summed E-state index contributed by atoms with van der Waals surface area (Å²) >= 11 is 0. The Hall–Kier alpha value is -0.920. The minimum absolute atomic E-state index is 0.146. The van der Waals surface area contributed by atoms with Crippen molar-refractivity contribution < 1.29 is 8.42 Å². The first-order valence-electron chi connectivity index (χ1n) is 6.84. The first kappa shape index (κ1) is 14.5. The lowest BCUT2D eigenvalue weighted by molar-refractivity contribution is 0.335. The number of rotatable bonds is 6. The molecule has 0 spiro atoms. The van der Waals surface area contributed by atoms with Crippen LogP contribution in [0.2, 0.25) is 0 Å². The minimum Gasteiger partial charge on any atom is -0.329 e. The Morgan fingerprint density at radius 3 is 2.74 bits per heavy atom. The summed E-state index contributed by atoms with van der Waals surface area (Å²) in [5.41, 5.74) is 5.44. The van der Waals surface area contributed by atoms with E-state index in [1.54, 1.807) is 15.2 Å². The molecule has 1 aromatic heterocycles. The summed E-state index contributed by atoms with van der Waals surface area (Å²) in [6.07, 6.45) is 7.14. The smallest absolute Gasteiger partial charge is 0.246 e. The van der Waals surface area contributed by atoms with Crippen LogP contribution in [0.3, 0.4) is 0 Å². The molecule has 6 nitrogen and oxygen atoms in total. The van der Waals surface area contributed by atoms with Crippen molar-refractivity contribution in [2.45, 2.75) is 50.1 Å². The number of hydrogen-bond donors (Lipinski definition) is 1. The molecular formula is C12H22N4O2S. The molecule has 0 unspecified atom stereocenters. The zero-order valence-corrected chi connectivity index (χ0v) is 12.1. The molecule has 0 radical (unpaired) electrons. The molecule has 1 aliphatic rings. The summed E-state index contributed by atoms with van der Waals surface area (Å²) in [7, 11) is -3.42. The van der Waals surface area contributed by atoms with Crippen molar-refractivity contribution in [3.63, 3.8) is 0 Å². The van der Waals surface area contributed by atoms with Crippen LogP contribution in [0.25, 0.3) is 0 Å². The largest absolute Gasteiger partial charge is 0.329 e.